The highest BCUT2D eigenvalue weighted by Crippen LogP contribution is 1.65. The maximum absolute atomic E-state index is 9.69. The first-order chi connectivity index (χ1) is 3.13. The molecule has 0 atom stereocenters. The number of hydrogen-bond donors (Lipinski definition) is 0. The summed E-state index contributed by atoms with van der Waals surface area (Å²) in [4.78, 5) is 9.69. The Bertz CT molecular complexity index is 181. The molecule has 5 heteroatoms. The van der Waals surface area contributed by atoms with Gasteiger partial charge in [0.25, 0.3) is 5.91 Å². The molecule has 0 aromatic rings. The Balaban J connectivity index is 4.26. The van der Waals surface area contributed by atoms with Crippen molar-refractivity contribution in [1.82, 2.24) is 0 Å². The maximum Gasteiger partial charge on any atom is 0.319 e. The molecule has 40 valence electrons. The fourth-order valence-electron chi connectivity index (χ4n) is 0.105. The Morgan fingerprint density at radius 1 is 1.57 bits per heavy atom. The molecule has 0 fully saturated rings. The summed E-state index contributed by atoms with van der Waals surface area (Å²) < 4.78 is 21.4. The second-order valence-electron chi connectivity index (χ2n) is 0.827. The average Bonchev–Trinajstić information content (AvgIpc) is 1.27. The largest absolute Gasteiger partial charge is 0.319 e. The third-order valence-electron chi connectivity index (χ3n) is 0.203. The lowest BCUT2D eigenvalue weighted by molar-refractivity contribution is -0.115. The van der Waals surface area contributed by atoms with E-state index in [2.05, 4.69) is 4.36 Å². The summed E-state index contributed by atoms with van der Waals surface area (Å²) in [5, 5.41) is 0. The lowest BCUT2D eigenvalue weighted by Gasteiger charge is -1.62. The zero-order valence-corrected chi connectivity index (χ0v) is 4.40. The zero-order valence-electron chi connectivity index (χ0n) is 3.58. The second kappa shape index (κ2) is 2.46. The fourth-order valence-corrected chi connectivity index (χ4v) is 0.315. The minimum Gasteiger partial charge on any atom is -0.272 e. The summed E-state index contributed by atoms with van der Waals surface area (Å²) in [7, 11) is -2.57. The van der Waals surface area contributed by atoms with Gasteiger partial charge in [0.1, 0.15) is 0 Å². The minimum absolute atomic E-state index is 0.701. The van der Waals surface area contributed by atoms with E-state index < -0.39 is 16.4 Å². The van der Waals surface area contributed by atoms with E-state index in [9.17, 15) is 13.2 Å². The predicted molar refractivity (Wildman–Crippen MR) is 22.0 cm³/mol. The summed E-state index contributed by atoms with van der Waals surface area (Å²) in [5.41, 5.74) is 0. The van der Waals surface area contributed by atoms with Gasteiger partial charge in [-0.2, -0.15) is 8.42 Å². The van der Waals surface area contributed by atoms with Crippen molar-refractivity contribution in [2.45, 2.75) is 6.92 Å². The minimum atomic E-state index is -2.57. The van der Waals surface area contributed by atoms with Crippen molar-refractivity contribution in [1.29, 1.82) is 0 Å². The Morgan fingerprint density at radius 3 is 2.00 bits per heavy atom. The Morgan fingerprint density at radius 2 is 2.00 bits per heavy atom. The van der Waals surface area contributed by atoms with E-state index in [4.69, 9.17) is 0 Å². The normalized spacial score (nSPS) is 7.57. The van der Waals surface area contributed by atoms with Crippen LogP contribution >= 0.6 is 0 Å². The van der Waals surface area contributed by atoms with Crippen molar-refractivity contribution in [2.75, 3.05) is 0 Å². The molecule has 0 saturated carbocycles. The van der Waals surface area contributed by atoms with E-state index in [1.54, 1.807) is 0 Å². The molecule has 0 aliphatic heterocycles. The molecule has 4 nitrogen and oxygen atoms in total. The second-order valence-corrected chi connectivity index (χ2v) is 1.44. The Kier molecular flexibility index (Phi) is 2.21. The molecular formula is C2H3NO3S. The molecular weight excluding hydrogens is 118 g/mol. The molecule has 0 saturated heterocycles. The van der Waals surface area contributed by atoms with Gasteiger partial charge in [0, 0.05) is 6.92 Å². The van der Waals surface area contributed by atoms with Crippen LogP contribution in [-0.4, -0.2) is 14.3 Å². The van der Waals surface area contributed by atoms with Gasteiger partial charge in [-0.3, -0.25) is 4.79 Å². The van der Waals surface area contributed by atoms with Crippen LogP contribution in [0.2, 0.25) is 0 Å². The molecule has 0 aliphatic carbocycles. The standard InChI is InChI=1S/C2H3NO3S/c1-2(4)3-7(5)6/h1H3. The lowest BCUT2D eigenvalue weighted by Crippen LogP contribution is -1.77. The highest BCUT2D eigenvalue weighted by molar-refractivity contribution is 7.62. The van der Waals surface area contributed by atoms with Gasteiger partial charge in [0.2, 0.25) is 0 Å². The van der Waals surface area contributed by atoms with Crippen molar-refractivity contribution in [3.63, 3.8) is 0 Å². The van der Waals surface area contributed by atoms with Gasteiger partial charge in [0.05, 0.1) is 0 Å². The molecule has 0 rings (SSSR count). The Labute approximate surface area is 41.9 Å². The molecule has 0 radical (unpaired) electrons. The molecule has 0 unspecified atom stereocenters. The van der Waals surface area contributed by atoms with Gasteiger partial charge in [0.15, 0.2) is 0 Å². The summed E-state index contributed by atoms with van der Waals surface area (Å²) in [6.45, 7) is 1.07. The van der Waals surface area contributed by atoms with Crippen molar-refractivity contribution < 1.29 is 13.2 Å². The predicted octanol–water partition coefficient (Wildman–Crippen LogP) is -0.404. The van der Waals surface area contributed by atoms with Crippen LogP contribution < -0.4 is 0 Å². The third-order valence-corrected chi connectivity index (χ3v) is 0.609. The van der Waals surface area contributed by atoms with E-state index >= 15 is 0 Å². The van der Waals surface area contributed by atoms with E-state index in [0.717, 1.165) is 6.92 Å². The molecule has 0 aliphatic rings. The van der Waals surface area contributed by atoms with E-state index in [1.165, 1.54) is 0 Å². The first-order valence-electron chi connectivity index (χ1n) is 1.44. The van der Waals surface area contributed by atoms with Gasteiger partial charge >= 0.3 is 10.5 Å². The van der Waals surface area contributed by atoms with Crippen LogP contribution in [0.3, 0.4) is 0 Å². The van der Waals surface area contributed by atoms with Crippen LogP contribution in [0, 0.1) is 0 Å². The molecule has 1 amide bonds. The van der Waals surface area contributed by atoms with Gasteiger partial charge in [-0.05, 0) is 0 Å². The Hall–Kier alpha value is -0.710. The van der Waals surface area contributed by atoms with Crippen molar-refractivity contribution in [3.8, 4) is 0 Å². The highest BCUT2D eigenvalue weighted by Gasteiger charge is 1.80. The molecule has 0 aromatic carbocycles. The lowest BCUT2D eigenvalue weighted by atomic mass is 10.8. The monoisotopic (exact) mass is 121 g/mol. The average molecular weight is 121 g/mol. The van der Waals surface area contributed by atoms with Crippen molar-refractivity contribution in [3.05, 3.63) is 0 Å². The zero-order chi connectivity index (χ0) is 5.86. The number of amides is 1. The van der Waals surface area contributed by atoms with Crippen LogP contribution in [0.1, 0.15) is 6.92 Å². The quantitative estimate of drug-likeness (QED) is 0.438. The number of carbonyl (C=O) groups is 1. The summed E-state index contributed by atoms with van der Waals surface area (Å²) >= 11 is 0. The van der Waals surface area contributed by atoms with E-state index in [0.29, 0.717) is 0 Å². The van der Waals surface area contributed by atoms with Crippen LogP contribution in [-0.2, 0) is 15.3 Å². The van der Waals surface area contributed by atoms with Gasteiger partial charge in [-0.1, -0.05) is 4.36 Å². The van der Waals surface area contributed by atoms with Crippen LogP contribution in [0.25, 0.3) is 0 Å². The molecule has 0 bridgehead atoms. The van der Waals surface area contributed by atoms with Gasteiger partial charge in [-0.25, -0.2) is 0 Å². The molecule has 7 heavy (non-hydrogen) atoms. The van der Waals surface area contributed by atoms with Crippen molar-refractivity contribution >= 4 is 16.4 Å². The van der Waals surface area contributed by atoms with Gasteiger partial charge < -0.3 is 0 Å². The summed E-state index contributed by atoms with van der Waals surface area (Å²) in [5.74, 6) is -0.701. The molecule has 0 spiro atoms. The van der Waals surface area contributed by atoms with E-state index in [-0.39, 0.29) is 0 Å². The summed E-state index contributed by atoms with van der Waals surface area (Å²) in [6.07, 6.45) is 0. The van der Waals surface area contributed by atoms with Crippen LogP contribution in [0.4, 0.5) is 0 Å². The summed E-state index contributed by atoms with van der Waals surface area (Å²) in [6, 6.07) is 0. The highest BCUT2D eigenvalue weighted by atomic mass is 32.2. The fraction of sp³-hybridized carbons (Fsp3) is 0.500. The van der Waals surface area contributed by atoms with E-state index in [1.807, 2.05) is 0 Å². The smallest absolute Gasteiger partial charge is 0.272 e. The number of nitrogens with zero attached hydrogens (tertiary/aromatic N) is 1. The maximum atomic E-state index is 9.69. The number of rotatable bonds is 0. The number of carbonyl (C=O) groups excluding carboxylic acids is 1. The van der Waals surface area contributed by atoms with Crippen LogP contribution in [0.5, 0.6) is 0 Å². The van der Waals surface area contributed by atoms with Crippen LogP contribution in [0.15, 0.2) is 4.36 Å². The first-order valence-corrected chi connectivity index (χ1v) is 2.48. The van der Waals surface area contributed by atoms with Crippen molar-refractivity contribution in [2.24, 2.45) is 4.36 Å². The number of hydrogen-bond acceptors (Lipinski definition) is 3. The molecule has 0 N–H and O–H groups in total. The third kappa shape index (κ3) is 5.29. The SMILES string of the molecule is CC(=O)N=S(=O)=O. The topological polar surface area (TPSA) is 63.6 Å². The van der Waals surface area contributed by atoms with Gasteiger partial charge in [-0.15, -0.1) is 0 Å². The first kappa shape index (κ1) is 6.29. The molecule has 0 aromatic heterocycles. The molecule has 0 heterocycles.